The van der Waals surface area contributed by atoms with Crippen LogP contribution in [-0.2, 0) is 6.42 Å². The predicted octanol–water partition coefficient (Wildman–Crippen LogP) is 7.08. The molecule has 2 rings (SSSR count). The second kappa shape index (κ2) is 14.3. The molecule has 0 saturated carbocycles. The minimum Gasteiger partial charge on any atom is -0.309 e. The molecule has 1 aliphatic rings. The lowest BCUT2D eigenvalue weighted by molar-refractivity contribution is 0.417. The summed E-state index contributed by atoms with van der Waals surface area (Å²) in [6.07, 6.45) is 12.0. The minimum absolute atomic E-state index is 1.05. The van der Waals surface area contributed by atoms with Crippen molar-refractivity contribution in [3.05, 3.63) is 77.4 Å². The van der Waals surface area contributed by atoms with E-state index in [9.17, 15) is 0 Å². The van der Waals surface area contributed by atoms with Gasteiger partial charge in [0, 0.05) is 6.54 Å². The summed E-state index contributed by atoms with van der Waals surface area (Å²) in [6, 6.07) is 8.79. The van der Waals surface area contributed by atoms with Crippen molar-refractivity contribution in [2.75, 3.05) is 20.6 Å². The van der Waals surface area contributed by atoms with E-state index in [1.165, 1.54) is 27.8 Å². The molecule has 0 fully saturated rings. The van der Waals surface area contributed by atoms with E-state index in [0.717, 1.165) is 25.8 Å². The highest BCUT2D eigenvalue weighted by Gasteiger charge is 2.17. The van der Waals surface area contributed by atoms with Gasteiger partial charge in [-0.2, -0.15) is 0 Å². The van der Waals surface area contributed by atoms with Crippen molar-refractivity contribution in [3.8, 4) is 0 Å². The summed E-state index contributed by atoms with van der Waals surface area (Å²) in [5.74, 6) is 0. The van der Waals surface area contributed by atoms with Gasteiger partial charge in [-0.1, -0.05) is 82.8 Å². The largest absolute Gasteiger partial charge is 0.309 e. The molecule has 0 heterocycles. The molecule has 144 valence electrons. The van der Waals surface area contributed by atoms with Gasteiger partial charge in [-0.3, -0.25) is 0 Å². The Morgan fingerprint density at radius 3 is 2.27 bits per heavy atom. The van der Waals surface area contributed by atoms with Gasteiger partial charge in [0.2, 0.25) is 0 Å². The van der Waals surface area contributed by atoms with E-state index in [4.69, 9.17) is 0 Å². The van der Waals surface area contributed by atoms with E-state index >= 15 is 0 Å². The molecule has 26 heavy (non-hydrogen) atoms. The van der Waals surface area contributed by atoms with Gasteiger partial charge in [-0.05, 0) is 68.1 Å². The molecule has 0 bridgehead atoms. The predicted molar refractivity (Wildman–Crippen MR) is 121 cm³/mol. The zero-order chi connectivity index (χ0) is 19.9. The lowest BCUT2D eigenvalue weighted by Crippen LogP contribution is -2.12. The standard InChI is InChI=1S/C21H27N.2C2H6/c1-5-10-17-14-15-18-11-7-8-12-20(18)21(19(17)6-2)13-9-16-22(3)4;2*1-2/h5-8,10-13H,2,9,14-16H2,1,3-4H3;2*1-2H3/b10-5-,21-13+;;. The number of rotatable bonds is 5. The lowest BCUT2D eigenvalue weighted by Gasteiger charge is -2.14. The molecular weight excluding hydrogens is 314 g/mol. The van der Waals surface area contributed by atoms with Crippen LogP contribution in [0.2, 0.25) is 0 Å². The third-order valence-corrected chi connectivity index (χ3v) is 4.10. The van der Waals surface area contributed by atoms with Crippen LogP contribution in [0.5, 0.6) is 0 Å². The van der Waals surface area contributed by atoms with Gasteiger partial charge < -0.3 is 4.90 Å². The second-order valence-corrected chi connectivity index (χ2v) is 6.01. The van der Waals surface area contributed by atoms with Crippen molar-refractivity contribution in [3.63, 3.8) is 0 Å². The van der Waals surface area contributed by atoms with Crippen molar-refractivity contribution < 1.29 is 0 Å². The van der Waals surface area contributed by atoms with Crippen LogP contribution >= 0.6 is 0 Å². The van der Waals surface area contributed by atoms with Crippen LogP contribution in [0.25, 0.3) is 5.57 Å². The van der Waals surface area contributed by atoms with Gasteiger partial charge in [-0.15, -0.1) is 0 Å². The Bertz CT molecular complexity index is 615. The Morgan fingerprint density at radius 2 is 1.69 bits per heavy atom. The summed E-state index contributed by atoms with van der Waals surface area (Å²) >= 11 is 0. The number of hydrogen-bond donors (Lipinski definition) is 0. The molecule has 0 saturated heterocycles. The maximum absolute atomic E-state index is 4.08. The minimum atomic E-state index is 1.05. The third kappa shape index (κ3) is 7.17. The summed E-state index contributed by atoms with van der Waals surface area (Å²) in [6.45, 7) is 15.2. The zero-order valence-corrected chi connectivity index (χ0v) is 18.1. The number of fused-ring (bicyclic) bond motifs is 1. The molecular formula is C25H39N. The quantitative estimate of drug-likeness (QED) is 0.546. The smallest absolute Gasteiger partial charge is 0.00101 e. The first-order valence-corrected chi connectivity index (χ1v) is 10.1. The Hall–Kier alpha value is -1.86. The first kappa shape index (κ1) is 24.1. The maximum Gasteiger partial charge on any atom is 0.00101 e. The van der Waals surface area contributed by atoms with Gasteiger partial charge in [0.05, 0.1) is 0 Å². The molecule has 0 N–H and O–H groups in total. The van der Waals surface area contributed by atoms with Gasteiger partial charge in [0.15, 0.2) is 0 Å². The van der Waals surface area contributed by atoms with E-state index in [-0.39, 0.29) is 0 Å². The SMILES string of the molecule is C=C/C1=C(/C=C\C)CCc2ccccc2\C1=C\CCN(C)C.CC.CC. The maximum atomic E-state index is 4.08. The fourth-order valence-corrected chi connectivity index (χ4v) is 3.03. The highest BCUT2D eigenvalue weighted by molar-refractivity contribution is 5.85. The lowest BCUT2D eigenvalue weighted by atomic mass is 9.92. The first-order valence-electron chi connectivity index (χ1n) is 10.1. The average Bonchev–Trinajstić information content (AvgIpc) is 2.82. The molecule has 1 aromatic carbocycles. The number of allylic oxidation sites excluding steroid dienone is 6. The number of aryl methyl sites for hydroxylation is 1. The molecule has 1 nitrogen and oxygen atoms in total. The Morgan fingerprint density at radius 1 is 1.04 bits per heavy atom. The van der Waals surface area contributed by atoms with Crippen molar-refractivity contribution >= 4 is 5.57 Å². The average molecular weight is 354 g/mol. The van der Waals surface area contributed by atoms with E-state index in [1.54, 1.807) is 0 Å². The van der Waals surface area contributed by atoms with Crippen LogP contribution in [0.3, 0.4) is 0 Å². The fourth-order valence-electron chi connectivity index (χ4n) is 3.03. The van der Waals surface area contributed by atoms with Gasteiger partial charge in [0.25, 0.3) is 0 Å². The monoisotopic (exact) mass is 353 g/mol. The summed E-state index contributed by atoms with van der Waals surface area (Å²) in [5.41, 5.74) is 6.85. The van der Waals surface area contributed by atoms with Gasteiger partial charge in [0.1, 0.15) is 0 Å². The summed E-state index contributed by atoms with van der Waals surface area (Å²) in [7, 11) is 4.24. The summed E-state index contributed by atoms with van der Waals surface area (Å²) < 4.78 is 0. The molecule has 0 aromatic heterocycles. The highest BCUT2D eigenvalue weighted by atomic mass is 15.0. The number of benzene rings is 1. The number of hydrogen-bond acceptors (Lipinski definition) is 1. The van der Waals surface area contributed by atoms with Crippen LogP contribution in [-0.4, -0.2) is 25.5 Å². The third-order valence-electron chi connectivity index (χ3n) is 4.10. The Balaban J connectivity index is 0.00000146. The van der Waals surface area contributed by atoms with Crippen LogP contribution in [0, 0.1) is 0 Å². The van der Waals surface area contributed by atoms with Crippen molar-refractivity contribution in [1.29, 1.82) is 0 Å². The molecule has 0 aliphatic heterocycles. The molecule has 0 radical (unpaired) electrons. The summed E-state index contributed by atoms with van der Waals surface area (Å²) in [5, 5.41) is 0. The first-order chi connectivity index (χ1) is 12.7. The van der Waals surface area contributed by atoms with E-state index < -0.39 is 0 Å². The molecule has 1 aliphatic carbocycles. The topological polar surface area (TPSA) is 3.24 Å². The molecule has 1 heteroatoms. The van der Waals surface area contributed by atoms with E-state index in [2.05, 4.69) is 75.0 Å². The Labute approximate surface area is 162 Å². The molecule has 0 atom stereocenters. The van der Waals surface area contributed by atoms with Crippen molar-refractivity contribution in [2.45, 2.75) is 53.9 Å². The normalized spacial score (nSPS) is 15.0. The molecule has 1 aromatic rings. The Kier molecular flexibility index (Phi) is 13.3. The zero-order valence-electron chi connectivity index (χ0n) is 18.1. The van der Waals surface area contributed by atoms with Crippen molar-refractivity contribution in [1.82, 2.24) is 4.90 Å². The molecule has 0 spiro atoms. The van der Waals surface area contributed by atoms with Crippen LogP contribution < -0.4 is 0 Å². The number of nitrogens with zero attached hydrogens (tertiary/aromatic N) is 1. The summed E-state index contributed by atoms with van der Waals surface area (Å²) in [4.78, 5) is 2.23. The highest BCUT2D eigenvalue weighted by Crippen LogP contribution is 2.35. The second-order valence-electron chi connectivity index (χ2n) is 6.01. The van der Waals surface area contributed by atoms with E-state index in [0.29, 0.717) is 0 Å². The van der Waals surface area contributed by atoms with Crippen LogP contribution in [0.4, 0.5) is 0 Å². The molecule has 0 unspecified atom stereocenters. The van der Waals surface area contributed by atoms with Crippen LogP contribution in [0.15, 0.2) is 66.3 Å². The fraction of sp³-hybridized carbons (Fsp3) is 0.440. The van der Waals surface area contributed by atoms with Crippen molar-refractivity contribution in [2.24, 2.45) is 0 Å². The van der Waals surface area contributed by atoms with Gasteiger partial charge >= 0.3 is 0 Å². The van der Waals surface area contributed by atoms with Crippen LogP contribution in [0.1, 0.15) is 58.6 Å². The van der Waals surface area contributed by atoms with Gasteiger partial charge in [-0.25, -0.2) is 0 Å². The molecule has 0 amide bonds. The van der Waals surface area contributed by atoms with E-state index in [1.807, 2.05) is 33.8 Å².